The summed E-state index contributed by atoms with van der Waals surface area (Å²) in [4.78, 5) is 0. The smallest absolute Gasteiger partial charge is 0.0894 e. The molecule has 0 aliphatic carbocycles. The van der Waals surface area contributed by atoms with Crippen molar-refractivity contribution in [3.05, 3.63) is 0 Å². The molecular weight excluding hydrogens is 359 g/mol. The normalized spacial score (nSPS) is 13.7. The number of aliphatic hydroxyl groups is 1. The van der Waals surface area contributed by atoms with E-state index in [1.165, 1.54) is 109 Å². The van der Waals surface area contributed by atoms with E-state index in [1.54, 1.807) is 0 Å². The van der Waals surface area contributed by atoms with Crippen molar-refractivity contribution in [2.75, 3.05) is 6.67 Å². The Hall–Kier alpha value is -0.110. The van der Waals surface area contributed by atoms with E-state index in [0.29, 0.717) is 0 Å². The summed E-state index contributed by atoms with van der Waals surface area (Å²) in [5.41, 5.74) is -0.477. The highest BCUT2D eigenvalue weighted by molar-refractivity contribution is 4.72. The third kappa shape index (κ3) is 24.0. The Bertz CT molecular complexity index is 303. The standard InChI is InChI=1S/C27H55FO/c1-3-4-5-6-7-8-9-10-11-12-13-14-15-18-21-24-27(2,29)25-22-19-16-17-20-23-26-28/h29H,3-26H2,1-2H3. The van der Waals surface area contributed by atoms with E-state index in [0.717, 1.165) is 38.5 Å². The van der Waals surface area contributed by atoms with Crippen molar-refractivity contribution in [1.29, 1.82) is 0 Å². The number of hydrogen-bond donors (Lipinski definition) is 1. The lowest BCUT2D eigenvalue weighted by Crippen LogP contribution is -2.23. The fourth-order valence-electron chi connectivity index (χ4n) is 4.31. The molecule has 0 saturated carbocycles. The van der Waals surface area contributed by atoms with Crippen LogP contribution < -0.4 is 0 Å². The van der Waals surface area contributed by atoms with Gasteiger partial charge in [-0.05, 0) is 26.2 Å². The van der Waals surface area contributed by atoms with E-state index < -0.39 is 5.60 Å². The van der Waals surface area contributed by atoms with Crippen LogP contribution in [0.5, 0.6) is 0 Å². The molecule has 1 N–H and O–H groups in total. The van der Waals surface area contributed by atoms with Gasteiger partial charge in [-0.15, -0.1) is 0 Å². The molecule has 176 valence electrons. The van der Waals surface area contributed by atoms with Crippen LogP contribution in [-0.4, -0.2) is 17.4 Å². The van der Waals surface area contributed by atoms with Crippen LogP contribution >= 0.6 is 0 Å². The molecule has 29 heavy (non-hydrogen) atoms. The highest BCUT2D eigenvalue weighted by atomic mass is 19.1. The molecule has 0 amide bonds. The Morgan fingerprint density at radius 3 is 1.07 bits per heavy atom. The Balaban J connectivity index is 3.26. The summed E-state index contributed by atoms with van der Waals surface area (Å²) < 4.78 is 12.0. The maximum atomic E-state index is 12.0. The van der Waals surface area contributed by atoms with Gasteiger partial charge in [0, 0.05) is 0 Å². The van der Waals surface area contributed by atoms with Gasteiger partial charge in [0.15, 0.2) is 0 Å². The Morgan fingerprint density at radius 1 is 0.483 bits per heavy atom. The van der Waals surface area contributed by atoms with E-state index in [2.05, 4.69) is 6.92 Å². The molecule has 1 atom stereocenters. The molecule has 2 heteroatoms. The van der Waals surface area contributed by atoms with Gasteiger partial charge in [0.1, 0.15) is 0 Å². The second kappa shape index (κ2) is 22.6. The minimum absolute atomic E-state index is 0.173. The molecule has 0 bridgehead atoms. The van der Waals surface area contributed by atoms with Crippen LogP contribution in [0.1, 0.15) is 162 Å². The van der Waals surface area contributed by atoms with Gasteiger partial charge in [0.05, 0.1) is 12.3 Å². The van der Waals surface area contributed by atoms with Crippen molar-refractivity contribution in [2.45, 2.75) is 167 Å². The van der Waals surface area contributed by atoms with Crippen molar-refractivity contribution in [3.8, 4) is 0 Å². The lowest BCUT2D eigenvalue weighted by molar-refractivity contribution is 0.0366. The average molecular weight is 415 g/mol. The first-order valence-electron chi connectivity index (χ1n) is 13.4. The van der Waals surface area contributed by atoms with Gasteiger partial charge in [-0.1, -0.05) is 135 Å². The van der Waals surface area contributed by atoms with Crippen molar-refractivity contribution in [3.63, 3.8) is 0 Å². The van der Waals surface area contributed by atoms with E-state index in [-0.39, 0.29) is 6.67 Å². The van der Waals surface area contributed by atoms with Crippen LogP contribution in [0.4, 0.5) is 4.39 Å². The van der Waals surface area contributed by atoms with Gasteiger partial charge < -0.3 is 5.11 Å². The molecule has 1 unspecified atom stereocenters. The molecule has 0 radical (unpaired) electrons. The maximum Gasteiger partial charge on any atom is 0.0894 e. The van der Waals surface area contributed by atoms with Crippen LogP contribution in [-0.2, 0) is 0 Å². The van der Waals surface area contributed by atoms with Crippen molar-refractivity contribution >= 4 is 0 Å². The van der Waals surface area contributed by atoms with Gasteiger partial charge in [0.2, 0.25) is 0 Å². The average Bonchev–Trinajstić information content (AvgIpc) is 2.70. The predicted octanol–water partition coefficient (Wildman–Crippen LogP) is 9.70. The zero-order chi connectivity index (χ0) is 21.5. The Morgan fingerprint density at radius 2 is 0.759 bits per heavy atom. The zero-order valence-corrected chi connectivity index (χ0v) is 20.3. The highest BCUT2D eigenvalue weighted by Gasteiger charge is 2.18. The van der Waals surface area contributed by atoms with E-state index in [9.17, 15) is 9.50 Å². The summed E-state index contributed by atoms with van der Waals surface area (Å²) >= 11 is 0. The second-order valence-electron chi connectivity index (χ2n) is 9.76. The van der Waals surface area contributed by atoms with Crippen molar-refractivity contribution in [1.82, 2.24) is 0 Å². The lowest BCUT2D eigenvalue weighted by Gasteiger charge is -2.23. The Kier molecular flexibility index (Phi) is 22.5. The Labute approximate surface area is 183 Å². The first-order valence-corrected chi connectivity index (χ1v) is 13.4. The summed E-state index contributed by atoms with van der Waals surface area (Å²) in [6, 6.07) is 0. The fraction of sp³-hybridized carbons (Fsp3) is 1.00. The fourth-order valence-corrected chi connectivity index (χ4v) is 4.31. The summed E-state index contributed by atoms with van der Waals surface area (Å²) in [5, 5.41) is 10.5. The van der Waals surface area contributed by atoms with Crippen LogP contribution in [0.15, 0.2) is 0 Å². The van der Waals surface area contributed by atoms with Crippen molar-refractivity contribution < 1.29 is 9.50 Å². The largest absolute Gasteiger partial charge is 0.390 e. The third-order valence-electron chi connectivity index (χ3n) is 6.42. The van der Waals surface area contributed by atoms with Crippen molar-refractivity contribution in [2.24, 2.45) is 0 Å². The van der Waals surface area contributed by atoms with E-state index in [1.807, 2.05) is 6.92 Å². The summed E-state index contributed by atoms with van der Waals surface area (Å²) in [6.07, 6.45) is 29.1. The molecular formula is C27H55FO. The monoisotopic (exact) mass is 414 g/mol. The van der Waals surface area contributed by atoms with Gasteiger partial charge in [-0.25, -0.2) is 0 Å². The summed E-state index contributed by atoms with van der Waals surface area (Å²) in [7, 11) is 0. The minimum atomic E-state index is -0.477. The molecule has 0 aromatic carbocycles. The van der Waals surface area contributed by atoms with Gasteiger partial charge >= 0.3 is 0 Å². The molecule has 0 heterocycles. The van der Waals surface area contributed by atoms with E-state index >= 15 is 0 Å². The molecule has 1 nitrogen and oxygen atoms in total. The van der Waals surface area contributed by atoms with Crippen LogP contribution in [0.2, 0.25) is 0 Å². The molecule has 0 rings (SSSR count). The molecule has 0 fully saturated rings. The zero-order valence-electron chi connectivity index (χ0n) is 20.3. The van der Waals surface area contributed by atoms with Crippen LogP contribution in [0, 0.1) is 0 Å². The highest BCUT2D eigenvalue weighted by Crippen LogP contribution is 2.23. The second-order valence-corrected chi connectivity index (χ2v) is 9.76. The van der Waals surface area contributed by atoms with Gasteiger partial charge in [-0.2, -0.15) is 0 Å². The topological polar surface area (TPSA) is 20.2 Å². The predicted molar refractivity (Wildman–Crippen MR) is 128 cm³/mol. The molecule has 0 aromatic rings. The number of unbranched alkanes of at least 4 members (excludes halogenated alkanes) is 19. The van der Waals surface area contributed by atoms with E-state index in [4.69, 9.17) is 0 Å². The van der Waals surface area contributed by atoms with Gasteiger partial charge in [-0.3, -0.25) is 4.39 Å². The molecule has 0 aliphatic rings. The molecule has 0 saturated heterocycles. The van der Waals surface area contributed by atoms with Gasteiger partial charge in [0.25, 0.3) is 0 Å². The third-order valence-corrected chi connectivity index (χ3v) is 6.42. The number of rotatable bonds is 24. The summed E-state index contributed by atoms with van der Waals surface area (Å²) in [6.45, 7) is 4.13. The van der Waals surface area contributed by atoms with Crippen LogP contribution in [0.3, 0.4) is 0 Å². The first kappa shape index (κ1) is 28.9. The molecule has 0 spiro atoms. The molecule has 0 aliphatic heterocycles. The number of alkyl halides is 1. The van der Waals surface area contributed by atoms with Crippen LogP contribution in [0.25, 0.3) is 0 Å². The SMILES string of the molecule is CCCCCCCCCCCCCCCCCC(C)(O)CCCCCCCCF. The number of halogens is 1. The first-order chi connectivity index (χ1) is 14.1. The molecule has 0 aromatic heterocycles. The quantitative estimate of drug-likeness (QED) is 0.156. The lowest BCUT2D eigenvalue weighted by atomic mass is 9.91. The number of hydrogen-bond acceptors (Lipinski definition) is 1. The maximum absolute atomic E-state index is 12.0. The summed E-state index contributed by atoms with van der Waals surface area (Å²) in [5.74, 6) is 0. The minimum Gasteiger partial charge on any atom is -0.390 e.